The van der Waals surface area contributed by atoms with Crippen LogP contribution in [0.15, 0.2) is 42.5 Å². The Labute approximate surface area is 96.3 Å². The van der Waals surface area contributed by atoms with Gasteiger partial charge in [0.2, 0.25) is 0 Å². The van der Waals surface area contributed by atoms with Crippen molar-refractivity contribution in [2.75, 3.05) is 0 Å². The molecular weight excluding hydrogens is 194 g/mol. The van der Waals surface area contributed by atoms with E-state index in [0.717, 1.165) is 0 Å². The number of hydrogen-bond acceptors (Lipinski definition) is 1. The Morgan fingerprint density at radius 2 is 1.75 bits per heavy atom. The molecule has 1 nitrogen and oxygen atoms in total. The van der Waals surface area contributed by atoms with E-state index in [9.17, 15) is 0 Å². The van der Waals surface area contributed by atoms with Crippen LogP contribution in [-0.2, 0) is 0 Å². The standard InChI is InChI=1S/C15H17N/c16-15(12-7-3-8-12)14-10-4-6-11-5-1-2-9-13(11)14/h1-2,4-6,9-10,12,15H,3,7-8,16H2. The van der Waals surface area contributed by atoms with Crippen LogP contribution in [0.1, 0.15) is 30.9 Å². The Morgan fingerprint density at radius 3 is 2.50 bits per heavy atom. The van der Waals surface area contributed by atoms with Crippen LogP contribution in [0.3, 0.4) is 0 Å². The van der Waals surface area contributed by atoms with Gasteiger partial charge in [-0.25, -0.2) is 0 Å². The first-order valence-corrected chi connectivity index (χ1v) is 6.09. The van der Waals surface area contributed by atoms with Gasteiger partial charge in [0.15, 0.2) is 0 Å². The number of rotatable bonds is 2. The summed E-state index contributed by atoms with van der Waals surface area (Å²) >= 11 is 0. The van der Waals surface area contributed by atoms with Gasteiger partial charge in [-0.3, -0.25) is 0 Å². The van der Waals surface area contributed by atoms with E-state index in [4.69, 9.17) is 5.73 Å². The summed E-state index contributed by atoms with van der Waals surface area (Å²) < 4.78 is 0. The number of nitrogens with two attached hydrogens (primary N) is 1. The monoisotopic (exact) mass is 211 g/mol. The van der Waals surface area contributed by atoms with Gasteiger partial charge in [0.1, 0.15) is 0 Å². The predicted molar refractivity (Wildman–Crippen MR) is 68.2 cm³/mol. The molecule has 82 valence electrons. The van der Waals surface area contributed by atoms with Crippen molar-refractivity contribution < 1.29 is 0 Å². The molecule has 0 aromatic heterocycles. The largest absolute Gasteiger partial charge is 0.324 e. The fourth-order valence-corrected chi connectivity index (χ4v) is 2.59. The lowest BCUT2D eigenvalue weighted by molar-refractivity contribution is 0.265. The Hall–Kier alpha value is -1.34. The third-order valence-electron chi connectivity index (χ3n) is 3.84. The van der Waals surface area contributed by atoms with Gasteiger partial charge in [0, 0.05) is 6.04 Å². The fourth-order valence-electron chi connectivity index (χ4n) is 2.59. The van der Waals surface area contributed by atoms with Crippen molar-refractivity contribution >= 4 is 10.8 Å². The molecule has 0 saturated heterocycles. The SMILES string of the molecule is NC(c1cccc2ccccc12)C1CCC1. The van der Waals surface area contributed by atoms with E-state index in [0.29, 0.717) is 5.92 Å². The molecule has 1 heteroatoms. The first kappa shape index (κ1) is 9.86. The topological polar surface area (TPSA) is 26.0 Å². The number of hydrogen-bond donors (Lipinski definition) is 1. The average Bonchev–Trinajstić information content (AvgIpc) is 2.26. The van der Waals surface area contributed by atoms with Crippen LogP contribution in [0.5, 0.6) is 0 Å². The van der Waals surface area contributed by atoms with Crippen molar-refractivity contribution in [2.45, 2.75) is 25.3 Å². The summed E-state index contributed by atoms with van der Waals surface area (Å²) in [6.45, 7) is 0. The van der Waals surface area contributed by atoms with Crippen LogP contribution in [0.25, 0.3) is 10.8 Å². The molecule has 1 unspecified atom stereocenters. The summed E-state index contributed by atoms with van der Waals surface area (Å²) in [5, 5.41) is 2.62. The maximum atomic E-state index is 6.37. The predicted octanol–water partition coefficient (Wildman–Crippen LogP) is 3.64. The molecule has 2 aromatic carbocycles. The minimum Gasteiger partial charge on any atom is -0.324 e. The third kappa shape index (κ3) is 1.52. The first-order valence-electron chi connectivity index (χ1n) is 6.09. The van der Waals surface area contributed by atoms with Gasteiger partial charge in [0.05, 0.1) is 0 Å². The van der Waals surface area contributed by atoms with Crippen molar-refractivity contribution in [1.82, 2.24) is 0 Å². The van der Waals surface area contributed by atoms with E-state index >= 15 is 0 Å². The summed E-state index contributed by atoms with van der Waals surface area (Å²) in [6.07, 6.45) is 3.94. The van der Waals surface area contributed by atoms with Crippen molar-refractivity contribution in [1.29, 1.82) is 0 Å². The van der Waals surface area contributed by atoms with Crippen LogP contribution in [0.4, 0.5) is 0 Å². The molecular formula is C15H17N. The highest BCUT2D eigenvalue weighted by atomic mass is 14.7. The minimum absolute atomic E-state index is 0.222. The van der Waals surface area contributed by atoms with Crippen LogP contribution in [-0.4, -0.2) is 0 Å². The second-order valence-electron chi connectivity index (χ2n) is 4.79. The second kappa shape index (κ2) is 3.91. The van der Waals surface area contributed by atoms with Gasteiger partial charge >= 0.3 is 0 Å². The van der Waals surface area contributed by atoms with E-state index in [1.54, 1.807) is 0 Å². The third-order valence-corrected chi connectivity index (χ3v) is 3.84. The highest BCUT2D eigenvalue weighted by molar-refractivity contribution is 5.86. The van der Waals surface area contributed by atoms with Gasteiger partial charge in [0.25, 0.3) is 0 Å². The zero-order valence-electron chi connectivity index (χ0n) is 9.39. The number of fused-ring (bicyclic) bond motifs is 1. The Morgan fingerprint density at radius 1 is 1.00 bits per heavy atom. The molecule has 1 saturated carbocycles. The Bertz CT molecular complexity index is 494. The number of benzene rings is 2. The molecule has 0 radical (unpaired) electrons. The Kier molecular flexibility index (Phi) is 2.41. The van der Waals surface area contributed by atoms with Crippen molar-refractivity contribution in [3.63, 3.8) is 0 Å². The van der Waals surface area contributed by atoms with Crippen LogP contribution in [0, 0.1) is 5.92 Å². The van der Waals surface area contributed by atoms with Crippen LogP contribution >= 0.6 is 0 Å². The molecule has 1 atom stereocenters. The van der Waals surface area contributed by atoms with Gasteiger partial charge < -0.3 is 5.73 Å². The summed E-state index contributed by atoms with van der Waals surface area (Å²) in [7, 11) is 0. The van der Waals surface area contributed by atoms with Crippen molar-refractivity contribution in [3.8, 4) is 0 Å². The molecule has 1 aliphatic rings. The van der Waals surface area contributed by atoms with Gasteiger partial charge in [-0.15, -0.1) is 0 Å². The summed E-state index contributed by atoms with van der Waals surface area (Å²) in [5.41, 5.74) is 7.69. The molecule has 0 bridgehead atoms. The lowest BCUT2D eigenvalue weighted by Crippen LogP contribution is -2.26. The molecule has 0 spiro atoms. The molecule has 1 fully saturated rings. The summed E-state index contributed by atoms with van der Waals surface area (Å²) in [4.78, 5) is 0. The zero-order valence-corrected chi connectivity index (χ0v) is 9.39. The van der Waals surface area contributed by atoms with Crippen LogP contribution < -0.4 is 5.73 Å². The molecule has 1 aliphatic carbocycles. The van der Waals surface area contributed by atoms with E-state index in [-0.39, 0.29) is 6.04 Å². The molecule has 0 heterocycles. The molecule has 0 amide bonds. The van der Waals surface area contributed by atoms with E-state index in [1.165, 1.54) is 35.6 Å². The van der Waals surface area contributed by atoms with E-state index < -0.39 is 0 Å². The quantitative estimate of drug-likeness (QED) is 0.806. The molecule has 2 N–H and O–H groups in total. The van der Waals surface area contributed by atoms with Crippen molar-refractivity contribution in [3.05, 3.63) is 48.0 Å². The summed E-state index contributed by atoms with van der Waals surface area (Å²) in [6, 6.07) is 15.2. The van der Waals surface area contributed by atoms with Gasteiger partial charge in [-0.2, -0.15) is 0 Å². The maximum Gasteiger partial charge on any atom is 0.0329 e. The Balaban J connectivity index is 2.08. The van der Waals surface area contributed by atoms with Crippen LogP contribution in [0.2, 0.25) is 0 Å². The lowest BCUT2D eigenvalue weighted by atomic mass is 9.77. The summed E-state index contributed by atoms with van der Waals surface area (Å²) in [5.74, 6) is 0.700. The van der Waals surface area contributed by atoms with E-state index in [2.05, 4.69) is 42.5 Å². The molecule has 2 aromatic rings. The lowest BCUT2D eigenvalue weighted by Gasteiger charge is -2.32. The zero-order chi connectivity index (χ0) is 11.0. The normalized spacial score (nSPS) is 18.3. The first-order chi connectivity index (χ1) is 7.86. The van der Waals surface area contributed by atoms with Crippen molar-refractivity contribution in [2.24, 2.45) is 11.7 Å². The highest BCUT2D eigenvalue weighted by Gasteiger charge is 2.26. The average molecular weight is 211 g/mol. The second-order valence-corrected chi connectivity index (χ2v) is 4.79. The molecule has 3 rings (SSSR count). The molecule has 16 heavy (non-hydrogen) atoms. The van der Waals surface area contributed by atoms with E-state index in [1.807, 2.05) is 0 Å². The van der Waals surface area contributed by atoms with Gasteiger partial charge in [-0.05, 0) is 35.1 Å². The fraction of sp³-hybridized carbons (Fsp3) is 0.333. The minimum atomic E-state index is 0.222. The van der Waals surface area contributed by atoms with Gasteiger partial charge in [-0.1, -0.05) is 48.9 Å². The maximum absolute atomic E-state index is 6.37. The highest BCUT2D eigenvalue weighted by Crippen LogP contribution is 2.38. The molecule has 0 aliphatic heterocycles. The smallest absolute Gasteiger partial charge is 0.0329 e.